The fraction of sp³-hybridized carbons (Fsp3) is 0.500. The maximum Gasteiger partial charge on any atom is 0.201 e. The van der Waals surface area contributed by atoms with Crippen molar-refractivity contribution in [2.24, 2.45) is 0 Å². The molecule has 4 heterocycles. The van der Waals surface area contributed by atoms with E-state index < -0.39 is 0 Å². The molecule has 0 spiro atoms. The lowest BCUT2D eigenvalue weighted by Gasteiger charge is -2.29. The summed E-state index contributed by atoms with van der Waals surface area (Å²) in [6.07, 6.45) is 2.19. The fourth-order valence-electron chi connectivity index (χ4n) is 3.06. The second-order valence-electron chi connectivity index (χ2n) is 6.26. The molecule has 1 aliphatic rings. The highest BCUT2D eigenvalue weighted by Gasteiger charge is 2.26. The van der Waals surface area contributed by atoms with Crippen LogP contribution in [0.3, 0.4) is 0 Å². The number of likely N-dealkylation sites (tertiary alicyclic amines) is 1. The van der Waals surface area contributed by atoms with E-state index in [-0.39, 0.29) is 0 Å². The SMILES string of the molecule is Cc1nc(-c2nc(-c3scnc3C)n(C3CCN(C)CC3)n2)cs1. The molecule has 8 heteroatoms. The van der Waals surface area contributed by atoms with Crippen molar-refractivity contribution >= 4 is 22.7 Å². The Morgan fingerprint density at radius 2 is 1.92 bits per heavy atom. The van der Waals surface area contributed by atoms with Gasteiger partial charge in [0.15, 0.2) is 5.82 Å². The van der Waals surface area contributed by atoms with Gasteiger partial charge in [-0.2, -0.15) is 0 Å². The van der Waals surface area contributed by atoms with Crippen LogP contribution in [-0.4, -0.2) is 49.8 Å². The van der Waals surface area contributed by atoms with Gasteiger partial charge in [0.25, 0.3) is 0 Å². The van der Waals surface area contributed by atoms with Crippen molar-refractivity contribution < 1.29 is 0 Å². The molecule has 1 fully saturated rings. The van der Waals surface area contributed by atoms with Gasteiger partial charge in [0.05, 0.1) is 27.1 Å². The molecule has 3 aromatic heterocycles. The van der Waals surface area contributed by atoms with Crippen LogP contribution < -0.4 is 0 Å². The molecular weight excluding hydrogens is 340 g/mol. The Hall–Kier alpha value is -1.64. The second kappa shape index (κ2) is 6.34. The summed E-state index contributed by atoms with van der Waals surface area (Å²) in [7, 11) is 2.18. The van der Waals surface area contributed by atoms with Crippen LogP contribution in [0.15, 0.2) is 10.9 Å². The van der Waals surface area contributed by atoms with E-state index in [9.17, 15) is 0 Å². The number of rotatable bonds is 3. The maximum absolute atomic E-state index is 4.85. The van der Waals surface area contributed by atoms with E-state index in [0.717, 1.165) is 58.9 Å². The average Bonchev–Trinajstić information content (AvgIpc) is 3.27. The van der Waals surface area contributed by atoms with Gasteiger partial charge in [0.1, 0.15) is 5.69 Å². The van der Waals surface area contributed by atoms with Gasteiger partial charge in [-0.15, -0.1) is 27.8 Å². The van der Waals surface area contributed by atoms with E-state index in [4.69, 9.17) is 10.1 Å². The molecule has 3 aromatic rings. The van der Waals surface area contributed by atoms with Gasteiger partial charge >= 0.3 is 0 Å². The predicted octanol–water partition coefficient (Wildman–Crippen LogP) is 3.41. The summed E-state index contributed by atoms with van der Waals surface area (Å²) in [5, 5.41) is 7.92. The van der Waals surface area contributed by atoms with Crippen molar-refractivity contribution in [3.63, 3.8) is 0 Å². The molecular formula is C16H20N6S2. The minimum atomic E-state index is 0.388. The van der Waals surface area contributed by atoms with Gasteiger partial charge in [-0.3, -0.25) is 0 Å². The summed E-state index contributed by atoms with van der Waals surface area (Å²) in [6.45, 7) is 6.23. The predicted molar refractivity (Wildman–Crippen MR) is 97.5 cm³/mol. The van der Waals surface area contributed by atoms with Crippen LogP contribution in [0.2, 0.25) is 0 Å². The van der Waals surface area contributed by atoms with E-state index >= 15 is 0 Å². The molecule has 6 nitrogen and oxygen atoms in total. The minimum absolute atomic E-state index is 0.388. The highest BCUT2D eigenvalue weighted by Crippen LogP contribution is 2.33. The quantitative estimate of drug-likeness (QED) is 0.716. The third kappa shape index (κ3) is 2.89. The summed E-state index contributed by atoms with van der Waals surface area (Å²) in [6, 6.07) is 0.388. The topological polar surface area (TPSA) is 59.7 Å². The van der Waals surface area contributed by atoms with E-state index in [1.807, 2.05) is 24.7 Å². The van der Waals surface area contributed by atoms with Crippen LogP contribution in [0.4, 0.5) is 0 Å². The van der Waals surface area contributed by atoms with Crippen molar-refractivity contribution in [2.75, 3.05) is 20.1 Å². The first kappa shape index (κ1) is 15.9. The van der Waals surface area contributed by atoms with Gasteiger partial charge < -0.3 is 4.90 Å². The third-order valence-corrected chi connectivity index (χ3v) is 6.16. The molecule has 0 unspecified atom stereocenters. The molecule has 0 aromatic carbocycles. The average molecular weight is 361 g/mol. The molecule has 1 saturated heterocycles. The Morgan fingerprint density at radius 1 is 1.12 bits per heavy atom. The Bertz CT molecular complexity index is 841. The van der Waals surface area contributed by atoms with Crippen molar-refractivity contribution in [3.8, 4) is 22.2 Å². The molecule has 4 rings (SSSR count). The van der Waals surface area contributed by atoms with Crippen molar-refractivity contribution in [2.45, 2.75) is 32.7 Å². The zero-order valence-corrected chi connectivity index (χ0v) is 15.7. The van der Waals surface area contributed by atoms with Gasteiger partial charge in [-0.05, 0) is 46.8 Å². The zero-order chi connectivity index (χ0) is 16.7. The summed E-state index contributed by atoms with van der Waals surface area (Å²) in [5.74, 6) is 1.66. The van der Waals surface area contributed by atoms with E-state index in [1.165, 1.54) is 0 Å². The van der Waals surface area contributed by atoms with Crippen molar-refractivity contribution in [1.29, 1.82) is 0 Å². The molecule has 0 saturated carbocycles. The largest absolute Gasteiger partial charge is 0.306 e. The number of hydrogen-bond acceptors (Lipinski definition) is 7. The summed E-state index contributed by atoms with van der Waals surface area (Å²) < 4.78 is 2.12. The number of thiazole rings is 2. The maximum atomic E-state index is 4.85. The Balaban J connectivity index is 1.78. The molecule has 0 radical (unpaired) electrons. The molecule has 0 amide bonds. The monoisotopic (exact) mass is 360 g/mol. The van der Waals surface area contributed by atoms with E-state index in [0.29, 0.717) is 6.04 Å². The zero-order valence-electron chi connectivity index (χ0n) is 14.1. The first-order valence-electron chi connectivity index (χ1n) is 8.10. The van der Waals surface area contributed by atoms with Crippen molar-refractivity contribution in [3.05, 3.63) is 21.6 Å². The smallest absolute Gasteiger partial charge is 0.201 e. The standard InChI is InChI=1S/C16H20N6S2/c1-10-14(24-9-17-10)16-19-15(13-8-23-11(2)18-13)20-22(16)12-4-6-21(3)7-5-12/h8-9,12H,4-7H2,1-3H3. The summed E-state index contributed by atoms with van der Waals surface area (Å²) in [5.41, 5.74) is 3.76. The minimum Gasteiger partial charge on any atom is -0.306 e. The Labute approximate surface area is 149 Å². The Kier molecular flexibility index (Phi) is 4.19. The van der Waals surface area contributed by atoms with Crippen LogP contribution in [0.1, 0.15) is 29.6 Å². The van der Waals surface area contributed by atoms with Crippen LogP contribution in [0, 0.1) is 13.8 Å². The lowest BCUT2D eigenvalue weighted by Crippen LogP contribution is -2.32. The highest BCUT2D eigenvalue weighted by molar-refractivity contribution is 7.13. The van der Waals surface area contributed by atoms with Gasteiger partial charge in [-0.25, -0.2) is 19.6 Å². The number of aromatic nitrogens is 5. The van der Waals surface area contributed by atoms with Crippen LogP contribution >= 0.6 is 22.7 Å². The summed E-state index contributed by atoms with van der Waals surface area (Å²) in [4.78, 5) is 17.3. The van der Waals surface area contributed by atoms with Gasteiger partial charge in [0.2, 0.25) is 5.82 Å². The first-order valence-corrected chi connectivity index (χ1v) is 9.86. The van der Waals surface area contributed by atoms with Crippen LogP contribution in [0.25, 0.3) is 22.2 Å². The number of nitrogens with zero attached hydrogens (tertiary/aromatic N) is 6. The molecule has 0 N–H and O–H groups in total. The third-order valence-electron chi connectivity index (χ3n) is 4.46. The van der Waals surface area contributed by atoms with Gasteiger partial charge in [0, 0.05) is 5.38 Å². The number of piperidine rings is 1. The molecule has 0 aliphatic carbocycles. The first-order chi connectivity index (χ1) is 11.6. The van der Waals surface area contributed by atoms with Crippen LogP contribution in [0.5, 0.6) is 0 Å². The lowest BCUT2D eigenvalue weighted by atomic mass is 10.1. The van der Waals surface area contributed by atoms with Crippen LogP contribution in [-0.2, 0) is 0 Å². The fourth-order valence-corrected chi connectivity index (χ4v) is 4.44. The van der Waals surface area contributed by atoms with E-state index in [1.54, 1.807) is 22.7 Å². The molecule has 0 bridgehead atoms. The lowest BCUT2D eigenvalue weighted by molar-refractivity contribution is 0.213. The molecule has 1 aliphatic heterocycles. The molecule has 126 valence electrons. The highest BCUT2D eigenvalue weighted by atomic mass is 32.1. The normalized spacial score (nSPS) is 16.8. The number of hydrogen-bond donors (Lipinski definition) is 0. The Morgan fingerprint density at radius 3 is 2.54 bits per heavy atom. The van der Waals surface area contributed by atoms with E-state index in [2.05, 4.69) is 26.6 Å². The summed E-state index contributed by atoms with van der Waals surface area (Å²) >= 11 is 3.27. The molecule has 0 atom stereocenters. The van der Waals surface area contributed by atoms with Gasteiger partial charge in [-0.1, -0.05) is 0 Å². The van der Waals surface area contributed by atoms with Crippen molar-refractivity contribution in [1.82, 2.24) is 29.6 Å². The number of aryl methyl sites for hydroxylation is 2. The molecule has 24 heavy (non-hydrogen) atoms. The second-order valence-corrected chi connectivity index (χ2v) is 8.17.